The van der Waals surface area contributed by atoms with E-state index >= 15 is 0 Å². The predicted octanol–water partition coefficient (Wildman–Crippen LogP) is 3.85. The standard InChI is InChI=1S/C19H15F2N3O2S/c20-13-6-7-14(15(21)10-13)18(26)22-9-8-17(25)24-19-23-16(11-27-19)12-4-2-1-3-5-12/h1-7,10-11H,8-9H2,(H,22,26)(H,23,24,25). The van der Waals surface area contributed by atoms with E-state index in [1.807, 2.05) is 35.7 Å². The summed E-state index contributed by atoms with van der Waals surface area (Å²) in [6, 6.07) is 12.2. The van der Waals surface area contributed by atoms with Gasteiger partial charge in [0.1, 0.15) is 11.6 Å². The van der Waals surface area contributed by atoms with E-state index in [-0.39, 0.29) is 24.4 Å². The van der Waals surface area contributed by atoms with Crippen molar-refractivity contribution >= 4 is 28.3 Å². The van der Waals surface area contributed by atoms with Gasteiger partial charge < -0.3 is 10.6 Å². The second-order valence-electron chi connectivity index (χ2n) is 5.58. The van der Waals surface area contributed by atoms with Crippen molar-refractivity contribution in [1.29, 1.82) is 0 Å². The molecule has 138 valence electrons. The average Bonchev–Trinajstić information content (AvgIpc) is 3.10. The summed E-state index contributed by atoms with van der Waals surface area (Å²) in [5.74, 6) is -2.75. The molecule has 2 amide bonds. The minimum atomic E-state index is -0.951. The molecule has 1 aromatic heterocycles. The number of thiazole rings is 1. The van der Waals surface area contributed by atoms with E-state index in [4.69, 9.17) is 0 Å². The van der Waals surface area contributed by atoms with Crippen molar-refractivity contribution in [1.82, 2.24) is 10.3 Å². The van der Waals surface area contributed by atoms with Crippen molar-refractivity contribution in [3.8, 4) is 11.3 Å². The van der Waals surface area contributed by atoms with Crippen LogP contribution in [0.25, 0.3) is 11.3 Å². The first-order chi connectivity index (χ1) is 13.0. The number of hydrogen-bond acceptors (Lipinski definition) is 4. The van der Waals surface area contributed by atoms with Gasteiger partial charge in [-0.1, -0.05) is 30.3 Å². The summed E-state index contributed by atoms with van der Waals surface area (Å²) in [5, 5.41) is 7.38. The fraction of sp³-hybridized carbons (Fsp3) is 0.105. The fourth-order valence-corrected chi connectivity index (χ4v) is 3.05. The van der Waals surface area contributed by atoms with Crippen LogP contribution in [0.4, 0.5) is 13.9 Å². The fourth-order valence-electron chi connectivity index (χ4n) is 2.31. The maximum atomic E-state index is 13.5. The molecule has 0 atom stereocenters. The Morgan fingerprint density at radius 1 is 1.07 bits per heavy atom. The van der Waals surface area contributed by atoms with Crippen LogP contribution in [0.1, 0.15) is 16.8 Å². The number of carbonyl (C=O) groups is 2. The van der Waals surface area contributed by atoms with Crippen LogP contribution in [-0.4, -0.2) is 23.3 Å². The van der Waals surface area contributed by atoms with Gasteiger partial charge in [-0.05, 0) is 12.1 Å². The molecule has 2 N–H and O–H groups in total. The van der Waals surface area contributed by atoms with E-state index < -0.39 is 17.5 Å². The van der Waals surface area contributed by atoms with Crippen molar-refractivity contribution in [3.63, 3.8) is 0 Å². The maximum absolute atomic E-state index is 13.5. The number of benzene rings is 2. The molecule has 0 radical (unpaired) electrons. The highest BCUT2D eigenvalue weighted by atomic mass is 32.1. The molecule has 0 aliphatic carbocycles. The Kier molecular flexibility index (Phi) is 5.87. The molecule has 2 aromatic carbocycles. The number of hydrogen-bond donors (Lipinski definition) is 2. The second-order valence-corrected chi connectivity index (χ2v) is 6.44. The number of nitrogens with zero attached hydrogens (tertiary/aromatic N) is 1. The summed E-state index contributed by atoms with van der Waals surface area (Å²) in [4.78, 5) is 28.2. The highest BCUT2D eigenvalue weighted by molar-refractivity contribution is 7.14. The third-order valence-electron chi connectivity index (χ3n) is 3.63. The number of amides is 2. The topological polar surface area (TPSA) is 71.1 Å². The lowest BCUT2D eigenvalue weighted by molar-refractivity contribution is -0.116. The van der Waals surface area contributed by atoms with Crippen LogP contribution >= 0.6 is 11.3 Å². The Labute approximate surface area is 158 Å². The molecule has 0 unspecified atom stereocenters. The summed E-state index contributed by atoms with van der Waals surface area (Å²) in [5.41, 5.74) is 1.43. The van der Waals surface area contributed by atoms with Gasteiger partial charge in [0.25, 0.3) is 5.91 Å². The van der Waals surface area contributed by atoms with Gasteiger partial charge in [-0.3, -0.25) is 9.59 Å². The summed E-state index contributed by atoms with van der Waals surface area (Å²) in [6.45, 7) is 0.0123. The Morgan fingerprint density at radius 3 is 2.59 bits per heavy atom. The molecule has 0 saturated heterocycles. The predicted molar refractivity (Wildman–Crippen MR) is 99.5 cm³/mol. The average molecular weight is 387 g/mol. The molecule has 27 heavy (non-hydrogen) atoms. The van der Waals surface area contributed by atoms with E-state index in [9.17, 15) is 18.4 Å². The largest absolute Gasteiger partial charge is 0.351 e. The van der Waals surface area contributed by atoms with Crippen LogP contribution in [0.2, 0.25) is 0 Å². The van der Waals surface area contributed by atoms with E-state index in [0.29, 0.717) is 11.2 Å². The Bertz CT molecular complexity index is 961. The zero-order chi connectivity index (χ0) is 19.2. The van der Waals surface area contributed by atoms with Crippen molar-refractivity contribution in [3.05, 3.63) is 71.1 Å². The van der Waals surface area contributed by atoms with Gasteiger partial charge in [0.2, 0.25) is 5.91 Å². The number of aromatic nitrogens is 1. The van der Waals surface area contributed by atoms with Crippen molar-refractivity contribution in [2.24, 2.45) is 0 Å². The smallest absolute Gasteiger partial charge is 0.254 e. The van der Waals surface area contributed by atoms with Gasteiger partial charge >= 0.3 is 0 Å². The van der Waals surface area contributed by atoms with Crippen LogP contribution in [-0.2, 0) is 4.79 Å². The van der Waals surface area contributed by atoms with Crippen molar-refractivity contribution in [2.75, 3.05) is 11.9 Å². The van der Waals surface area contributed by atoms with Gasteiger partial charge in [0.15, 0.2) is 5.13 Å². The lowest BCUT2D eigenvalue weighted by atomic mass is 10.2. The first-order valence-corrected chi connectivity index (χ1v) is 8.95. The molecule has 3 aromatic rings. The van der Waals surface area contributed by atoms with E-state index in [1.54, 1.807) is 0 Å². The van der Waals surface area contributed by atoms with Crippen LogP contribution in [0.5, 0.6) is 0 Å². The van der Waals surface area contributed by atoms with Crippen molar-refractivity contribution < 1.29 is 18.4 Å². The molecular weight excluding hydrogens is 372 g/mol. The second kappa shape index (κ2) is 8.50. The minimum Gasteiger partial charge on any atom is -0.351 e. The van der Waals surface area contributed by atoms with Gasteiger partial charge in [-0.15, -0.1) is 11.3 Å². The summed E-state index contributed by atoms with van der Waals surface area (Å²) in [7, 11) is 0. The molecular formula is C19H15F2N3O2S. The summed E-state index contributed by atoms with van der Waals surface area (Å²) >= 11 is 1.30. The number of carbonyl (C=O) groups excluding carboxylic acids is 2. The SMILES string of the molecule is O=C(CCNC(=O)c1ccc(F)cc1F)Nc1nc(-c2ccccc2)cs1. The molecule has 0 aliphatic heterocycles. The van der Waals surface area contributed by atoms with Crippen LogP contribution in [0.3, 0.4) is 0 Å². The molecule has 3 rings (SSSR count). The monoisotopic (exact) mass is 387 g/mol. The van der Waals surface area contributed by atoms with Crippen LogP contribution < -0.4 is 10.6 Å². The number of nitrogens with one attached hydrogen (secondary N) is 2. The number of halogens is 2. The number of rotatable bonds is 6. The molecule has 0 aliphatic rings. The number of anilines is 1. The van der Waals surface area contributed by atoms with Crippen LogP contribution in [0, 0.1) is 11.6 Å². The molecule has 1 heterocycles. The van der Waals surface area contributed by atoms with E-state index in [2.05, 4.69) is 15.6 Å². The molecule has 0 spiro atoms. The summed E-state index contributed by atoms with van der Waals surface area (Å²) < 4.78 is 26.4. The van der Waals surface area contributed by atoms with Crippen molar-refractivity contribution in [2.45, 2.75) is 6.42 Å². The molecule has 5 nitrogen and oxygen atoms in total. The highest BCUT2D eigenvalue weighted by Gasteiger charge is 2.13. The third kappa shape index (κ3) is 4.95. The molecule has 0 fully saturated rings. The van der Waals surface area contributed by atoms with Gasteiger partial charge in [-0.2, -0.15) is 0 Å². The first-order valence-electron chi connectivity index (χ1n) is 8.07. The lowest BCUT2D eigenvalue weighted by Gasteiger charge is -2.06. The first kappa shape index (κ1) is 18.7. The maximum Gasteiger partial charge on any atom is 0.254 e. The zero-order valence-corrected chi connectivity index (χ0v) is 14.9. The molecule has 8 heteroatoms. The molecule has 0 bridgehead atoms. The highest BCUT2D eigenvalue weighted by Crippen LogP contribution is 2.24. The van der Waals surface area contributed by atoms with E-state index in [0.717, 1.165) is 23.4 Å². The lowest BCUT2D eigenvalue weighted by Crippen LogP contribution is -2.28. The minimum absolute atomic E-state index is 0.00515. The van der Waals surface area contributed by atoms with E-state index in [1.165, 1.54) is 11.3 Å². The van der Waals surface area contributed by atoms with Gasteiger partial charge in [0, 0.05) is 30.0 Å². The Hall–Kier alpha value is -3.13. The van der Waals surface area contributed by atoms with Gasteiger partial charge in [0.05, 0.1) is 11.3 Å². The third-order valence-corrected chi connectivity index (χ3v) is 4.39. The normalized spacial score (nSPS) is 10.4. The quantitative estimate of drug-likeness (QED) is 0.675. The van der Waals surface area contributed by atoms with Crippen LogP contribution in [0.15, 0.2) is 53.9 Å². The Morgan fingerprint density at radius 2 is 1.85 bits per heavy atom. The zero-order valence-electron chi connectivity index (χ0n) is 14.0. The molecule has 0 saturated carbocycles. The Balaban J connectivity index is 1.49. The van der Waals surface area contributed by atoms with Gasteiger partial charge in [-0.25, -0.2) is 13.8 Å². The summed E-state index contributed by atoms with van der Waals surface area (Å²) in [6.07, 6.45) is -0.00515.